The molecule has 0 amide bonds. The van der Waals surface area contributed by atoms with Crippen LogP contribution in [0.3, 0.4) is 0 Å². The molecule has 0 fully saturated rings. The second kappa shape index (κ2) is 5.33. The number of hydrogen-bond acceptors (Lipinski definition) is 5. The number of aromatic hydroxyl groups is 1. The van der Waals surface area contributed by atoms with Crippen LogP contribution in [0.2, 0.25) is 0 Å². The molecular weight excluding hydrogens is 268 g/mol. The molecule has 0 bridgehead atoms. The normalized spacial score (nSPS) is 11.6. The first-order chi connectivity index (χ1) is 8.99. The smallest absolute Gasteiger partial charge is 0.240 e. The maximum atomic E-state index is 11.9. The van der Waals surface area contributed by atoms with Crippen molar-refractivity contribution in [3.63, 3.8) is 0 Å². The van der Waals surface area contributed by atoms with E-state index >= 15 is 0 Å². The maximum Gasteiger partial charge on any atom is 0.240 e. The number of benzene rings is 1. The molecule has 0 aliphatic heterocycles. The molecule has 0 atom stereocenters. The summed E-state index contributed by atoms with van der Waals surface area (Å²) in [6.45, 7) is 0.219. The third-order valence-electron chi connectivity index (χ3n) is 2.55. The fourth-order valence-corrected chi connectivity index (χ4v) is 2.61. The van der Waals surface area contributed by atoms with Gasteiger partial charge in [0.25, 0.3) is 0 Å². The van der Waals surface area contributed by atoms with Crippen molar-refractivity contribution in [2.24, 2.45) is 0 Å². The van der Waals surface area contributed by atoms with Gasteiger partial charge in [-0.15, -0.1) is 0 Å². The lowest BCUT2D eigenvalue weighted by Gasteiger charge is -2.07. The number of phenolic OH excluding ortho intramolecular Hbond substituents is 1. The van der Waals surface area contributed by atoms with E-state index in [0.717, 1.165) is 0 Å². The van der Waals surface area contributed by atoms with Gasteiger partial charge in [-0.2, -0.15) is 0 Å². The summed E-state index contributed by atoms with van der Waals surface area (Å²) in [5.74, 6) is 0.558. The largest absolute Gasteiger partial charge is 0.506 e. The minimum absolute atomic E-state index is 0.0160. The van der Waals surface area contributed by atoms with Crippen molar-refractivity contribution in [3.8, 4) is 5.75 Å². The Morgan fingerprint density at radius 2 is 2.11 bits per heavy atom. The van der Waals surface area contributed by atoms with Gasteiger partial charge in [-0.25, -0.2) is 13.1 Å². The van der Waals surface area contributed by atoms with Crippen LogP contribution in [0.4, 0.5) is 5.69 Å². The molecule has 1 aromatic carbocycles. The lowest BCUT2D eigenvalue weighted by atomic mass is 10.3. The van der Waals surface area contributed by atoms with Crippen LogP contribution in [0.5, 0.6) is 5.75 Å². The summed E-state index contributed by atoms with van der Waals surface area (Å²) in [4.78, 5) is 0.0160. The van der Waals surface area contributed by atoms with E-state index < -0.39 is 10.0 Å². The molecule has 2 rings (SSSR count). The Morgan fingerprint density at radius 1 is 1.32 bits per heavy atom. The molecule has 19 heavy (non-hydrogen) atoms. The number of rotatable bonds is 5. The van der Waals surface area contributed by atoms with Gasteiger partial charge in [0.1, 0.15) is 11.5 Å². The highest BCUT2D eigenvalue weighted by Gasteiger charge is 2.14. The molecule has 0 unspecified atom stereocenters. The molecule has 2 aromatic rings. The number of phenols is 1. The molecule has 0 radical (unpaired) electrons. The summed E-state index contributed by atoms with van der Waals surface area (Å²) in [6.07, 6.45) is 1.99. The van der Waals surface area contributed by atoms with Crippen LogP contribution < -0.4 is 10.5 Å². The number of nitrogen functional groups attached to an aromatic ring is 1. The quantitative estimate of drug-likeness (QED) is 0.562. The summed E-state index contributed by atoms with van der Waals surface area (Å²) in [5.41, 5.74) is 5.49. The molecule has 0 aliphatic carbocycles. The predicted octanol–water partition coefficient (Wildman–Crippen LogP) is 1.09. The zero-order valence-electron chi connectivity index (χ0n) is 10.0. The van der Waals surface area contributed by atoms with Gasteiger partial charge in [-0.3, -0.25) is 0 Å². The van der Waals surface area contributed by atoms with E-state index in [9.17, 15) is 13.5 Å². The molecule has 1 aromatic heterocycles. The standard InChI is InChI=1S/C12H14N2O4S/c13-11-8-10(3-4-12(11)15)19(16,17)14-6-5-9-2-1-7-18-9/h1-4,7-8,14-15H,5-6,13H2. The number of anilines is 1. The average molecular weight is 282 g/mol. The van der Waals surface area contributed by atoms with Crippen molar-refractivity contribution in [3.05, 3.63) is 42.4 Å². The first-order valence-corrected chi connectivity index (χ1v) is 7.08. The molecule has 0 spiro atoms. The van der Waals surface area contributed by atoms with Gasteiger partial charge in [-0.1, -0.05) is 0 Å². The van der Waals surface area contributed by atoms with Crippen LogP contribution in [0.15, 0.2) is 45.9 Å². The zero-order chi connectivity index (χ0) is 13.9. The van der Waals surface area contributed by atoms with Crippen molar-refractivity contribution in [1.29, 1.82) is 0 Å². The van der Waals surface area contributed by atoms with Crippen LogP contribution in [0.25, 0.3) is 0 Å². The van der Waals surface area contributed by atoms with Crippen molar-refractivity contribution < 1.29 is 17.9 Å². The van der Waals surface area contributed by atoms with Gasteiger partial charge < -0.3 is 15.3 Å². The monoisotopic (exact) mass is 282 g/mol. The molecule has 0 saturated heterocycles. The van der Waals surface area contributed by atoms with Crippen molar-refractivity contribution in [2.75, 3.05) is 12.3 Å². The van der Waals surface area contributed by atoms with Gasteiger partial charge in [0.05, 0.1) is 16.8 Å². The van der Waals surface area contributed by atoms with Crippen LogP contribution in [0, 0.1) is 0 Å². The van der Waals surface area contributed by atoms with E-state index in [2.05, 4.69) is 4.72 Å². The molecule has 1 heterocycles. The van der Waals surface area contributed by atoms with Gasteiger partial charge >= 0.3 is 0 Å². The van der Waals surface area contributed by atoms with E-state index in [1.807, 2.05) is 0 Å². The van der Waals surface area contributed by atoms with Crippen LogP contribution >= 0.6 is 0 Å². The molecule has 6 nitrogen and oxygen atoms in total. The Bertz CT molecular complexity index is 650. The van der Waals surface area contributed by atoms with E-state index in [-0.39, 0.29) is 22.9 Å². The van der Waals surface area contributed by atoms with E-state index in [0.29, 0.717) is 12.2 Å². The maximum absolute atomic E-state index is 11.9. The second-order valence-corrected chi connectivity index (χ2v) is 5.71. The van der Waals surface area contributed by atoms with Gasteiger partial charge in [0.15, 0.2) is 0 Å². The predicted molar refractivity (Wildman–Crippen MR) is 70.1 cm³/mol. The summed E-state index contributed by atoms with van der Waals surface area (Å²) < 4.78 is 31.4. The lowest BCUT2D eigenvalue weighted by Crippen LogP contribution is -2.26. The van der Waals surface area contributed by atoms with Crippen molar-refractivity contribution >= 4 is 15.7 Å². The SMILES string of the molecule is Nc1cc(S(=O)(=O)NCCc2ccco2)ccc1O. The molecule has 4 N–H and O–H groups in total. The van der Waals surface area contributed by atoms with E-state index in [1.165, 1.54) is 24.5 Å². The Morgan fingerprint density at radius 3 is 2.74 bits per heavy atom. The molecule has 7 heteroatoms. The fraction of sp³-hybridized carbons (Fsp3) is 0.167. The molecule has 0 aliphatic rings. The summed E-state index contributed by atoms with van der Waals surface area (Å²) in [5, 5.41) is 9.26. The number of furan rings is 1. The van der Waals surface area contributed by atoms with Crippen molar-refractivity contribution in [2.45, 2.75) is 11.3 Å². The Balaban J connectivity index is 2.03. The van der Waals surface area contributed by atoms with Gasteiger partial charge in [0, 0.05) is 13.0 Å². The highest BCUT2D eigenvalue weighted by molar-refractivity contribution is 7.89. The zero-order valence-corrected chi connectivity index (χ0v) is 10.9. The van der Waals surface area contributed by atoms with Crippen LogP contribution in [-0.2, 0) is 16.4 Å². The average Bonchev–Trinajstić information content (AvgIpc) is 2.85. The summed E-state index contributed by atoms with van der Waals surface area (Å²) >= 11 is 0. The van der Waals surface area contributed by atoms with Crippen LogP contribution in [0.1, 0.15) is 5.76 Å². The fourth-order valence-electron chi connectivity index (χ4n) is 1.55. The topological polar surface area (TPSA) is 106 Å². The highest BCUT2D eigenvalue weighted by Crippen LogP contribution is 2.22. The molecule has 102 valence electrons. The van der Waals surface area contributed by atoms with E-state index in [4.69, 9.17) is 10.2 Å². The Labute approximate surface area is 110 Å². The molecular formula is C12H14N2O4S. The van der Waals surface area contributed by atoms with Crippen LogP contribution in [-0.4, -0.2) is 20.1 Å². The summed E-state index contributed by atoms with van der Waals surface area (Å²) in [7, 11) is -3.64. The number of nitrogens with two attached hydrogens (primary N) is 1. The Hall–Kier alpha value is -1.99. The number of hydrogen-bond donors (Lipinski definition) is 3. The third-order valence-corrected chi connectivity index (χ3v) is 4.01. The summed E-state index contributed by atoms with van der Waals surface area (Å²) in [6, 6.07) is 7.26. The first-order valence-electron chi connectivity index (χ1n) is 5.59. The third kappa shape index (κ3) is 3.27. The van der Waals surface area contributed by atoms with E-state index in [1.54, 1.807) is 12.1 Å². The second-order valence-electron chi connectivity index (χ2n) is 3.95. The number of nitrogens with one attached hydrogen (secondary N) is 1. The molecule has 0 saturated carbocycles. The van der Waals surface area contributed by atoms with Crippen molar-refractivity contribution in [1.82, 2.24) is 4.72 Å². The Kier molecular flexibility index (Phi) is 3.77. The first kappa shape index (κ1) is 13.4. The number of sulfonamides is 1. The lowest BCUT2D eigenvalue weighted by molar-refractivity contribution is 0.477. The van der Waals surface area contributed by atoms with Gasteiger partial charge in [-0.05, 0) is 30.3 Å². The minimum Gasteiger partial charge on any atom is -0.506 e. The minimum atomic E-state index is -3.64. The highest BCUT2D eigenvalue weighted by atomic mass is 32.2. The van der Waals surface area contributed by atoms with Gasteiger partial charge in [0.2, 0.25) is 10.0 Å².